The molecule has 0 unspecified atom stereocenters. The van der Waals surface area contributed by atoms with Gasteiger partial charge in [0.05, 0.1) is 24.1 Å². The van der Waals surface area contributed by atoms with Gasteiger partial charge in [-0.25, -0.2) is 9.67 Å². The summed E-state index contributed by atoms with van der Waals surface area (Å²) in [6, 6.07) is 3.63. The summed E-state index contributed by atoms with van der Waals surface area (Å²) < 4.78 is 7.35. The lowest BCUT2D eigenvalue weighted by Gasteiger charge is -2.18. The van der Waals surface area contributed by atoms with Crippen molar-refractivity contribution in [2.45, 2.75) is 25.3 Å². The van der Waals surface area contributed by atoms with Crippen LogP contribution >= 0.6 is 45.8 Å². The maximum atomic E-state index is 12.4. The van der Waals surface area contributed by atoms with E-state index in [0.29, 0.717) is 11.1 Å². The van der Waals surface area contributed by atoms with E-state index < -0.39 is 10.4 Å². The fourth-order valence-electron chi connectivity index (χ4n) is 1.90. The Morgan fingerprint density at radius 2 is 2.09 bits per heavy atom. The van der Waals surface area contributed by atoms with Gasteiger partial charge in [0.15, 0.2) is 0 Å². The van der Waals surface area contributed by atoms with Crippen molar-refractivity contribution in [2.24, 2.45) is 0 Å². The molecular formula is C14H14Cl2IN3O2. The van der Waals surface area contributed by atoms with Gasteiger partial charge in [0.2, 0.25) is 5.88 Å². The van der Waals surface area contributed by atoms with Crippen LogP contribution < -0.4 is 10.3 Å². The summed E-state index contributed by atoms with van der Waals surface area (Å²) in [5.41, 5.74) is 0.690. The van der Waals surface area contributed by atoms with Gasteiger partial charge in [-0.2, -0.15) is 0 Å². The molecule has 0 aliphatic rings. The Balaban J connectivity index is 2.63. The van der Waals surface area contributed by atoms with E-state index in [4.69, 9.17) is 27.9 Å². The highest BCUT2D eigenvalue weighted by Crippen LogP contribution is 2.32. The Hall–Kier alpha value is -0.860. The minimum Gasteiger partial charge on any atom is -0.479 e. The third kappa shape index (κ3) is 3.91. The van der Waals surface area contributed by atoms with E-state index in [1.165, 1.54) is 11.8 Å². The summed E-state index contributed by atoms with van der Waals surface area (Å²) in [5.74, 6) is 0.258. The highest BCUT2D eigenvalue weighted by molar-refractivity contribution is 14.1. The number of hydrogen-bond donors (Lipinski definition) is 0. The van der Waals surface area contributed by atoms with Crippen LogP contribution in [0.15, 0.2) is 23.1 Å². The van der Waals surface area contributed by atoms with Crippen molar-refractivity contribution < 1.29 is 4.74 Å². The van der Waals surface area contributed by atoms with Gasteiger partial charge < -0.3 is 4.74 Å². The van der Waals surface area contributed by atoms with E-state index in [0.717, 1.165) is 3.70 Å². The monoisotopic (exact) mass is 453 g/mol. The van der Waals surface area contributed by atoms with Gasteiger partial charge in [-0.1, -0.05) is 11.6 Å². The summed E-state index contributed by atoms with van der Waals surface area (Å²) in [5, 5.41) is 4.26. The van der Waals surface area contributed by atoms with E-state index in [-0.39, 0.29) is 17.4 Å². The standard InChI is InChI=1S/C14H14Cl2IN3O2/c1-14(2,16)7-20-13(21)11(15)10(12(19-20)22-3)8-4-5-9(17)18-6-8/h4-6H,7H2,1-3H3. The molecule has 0 N–H and O–H groups in total. The van der Waals surface area contributed by atoms with E-state index >= 15 is 0 Å². The van der Waals surface area contributed by atoms with Gasteiger partial charge in [-0.15, -0.1) is 16.7 Å². The van der Waals surface area contributed by atoms with Crippen LogP contribution in [0.5, 0.6) is 5.88 Å². The summed E-state index contributed by atoms with van der Waals surface area (Å²) in [6.07, 6.45) is 1.63. The average molecular weight is 454 g/mol. The van der Waals surface area contributed by atoms with Crippen molar-refractivity contribution in [1.82, 2.24) is 14.8 Å². The van der Waals surface area contributed by atoms with E-state index in [2.05, 4.69) is 32.7 Å². The van der Waals surface area contributed by atoms with Gasteiger partial charge >= 0.3 is 0 Å². The zero-order valence-electron chi connectivity index (χ0n) is 12.2. The largest absolute Gasteiger partial charge is 0.479 e. The molecule has 0 amide bonds. The van der Waals surface area contributed by atoms with Crippen molar-refractivity contribution in [3.8, 4) is 17.0 Å². The lowest BCUT2D eigenvalue weighted by atomic mass is 10.1. The van der Waals surface area contributed by atoms with E-state index in [9.17, 15) is 4.79 Å². The van der Waals surface area contributed by atoms with Crippen LogP contribution in [0.4, 0.5) is 0 Å². The molecule has 118 valence electrons. The summed E-state index contributed by atoms with van der Waals surface area (Å²) in [7, 11) is 1.48. The SMILES string of the molecule is COc1nn(CC(C)(C)Cl)c(=O)c(Cl)c1-c1ccc(I)nc1. The normalized spacial score (nSPS) is 11.5. The third-order valence-electron chi connectivity index (χ3n) is 2.80. The molecule has 0 saturated carbocycles. The first-order valence-corrected chi connectivity index (χ1v) is 8.22. The first-order valence-electron chi connectivity index (χ1n) is 6.38. The zero-order valence-corrected chi connectivity index (χ0v) is 15.9. The highest BCUT2D eigenvalue weighted by atomic mass is 127. The third-order valence-corrected chi connectivity index (χ3v) is 3.91. The lowest BCUT2D eigenvalue weighted by molar-refractivity contribution is 0.370. The molecular weight excluding hydrogens is 440 g/mol. The van der Waals surface area contributed by atoms with Gasteiger partial charge in [-0.3, -0.25) is 4.79 Å². The maximum Gasteiger partial charge on any atom is 0.286 e. The van der Waals surface area contributed by atoms with Gasteiger partial charge in [-0.05, 0) is 48.6 Å². The molecule has 0 atom stereocenters. The Morgan fingerprint density at radius 1 is 1.41 bits per heavy atom. The molecule has 2 aromatic rings. The molecule has 2 rings (SSSR count). The lowest BCUT2D eigenvalue weighted by Crippen LogP contribution is -2.32. The minimum atomic E-state index is -0.628. The van der Waals surface area contributed by atoms with Crippen LogP contribution in [0.25, 0.3) is 11.1 Å². The maximum absolute atomic E-state index is 12.4. The van der Waals surface area contributed by atoms with Crippen LogP contribution in [0.1, 0.15) is 13.8 Å². The number of ether oxygens (including phenoxy) is 1. The van der Waals surface area contributed by atoms with Crippen LogP contribution in [0.2, 0.25) is 5.02 Å². The quantitative estimate of drug-likeness (QED) is 0.403. The van der Waals surface area contributed by atoms with Crippen molar-refractivity contribution in [1.29, 1.82) is 0 Å². The number of pyridine rings is 1. The van der Waals surface area contributed by atoms with Gasteiger partial charge in [0.1, 0.15) is 8.72 Å². The first-order chi connectivity index (χ1) is 10.2. The molecule has 0 aliphatic heterocycles. The number of nitrogens with zero attached hydrogens (tertiary/aromatic N) is 3. The fourth-order valence-corrected chi connectivity index (χ4v) is 2.62. The second kappa shape index (κ2) is 6.72. The second-order valence-corrected chi connectivity index (χ2v) is 7.76. The fraction of sp³-hybridized carbons (Fsp3) is 0.357. The molecule has 2 aromatic heterocycles. The van der Waals surface area contributed by atoms with Crippen molar-refractivity contribution in [2.75, 3.05) is 7.11 Å². The van der Waals surface area contributed by atoms with Gasteiger partial charge in [0, 0.05) is 11.8 Å². The number of methoxy groups -OCH3 is 1. The zero-order chi connectivity index (χ0) is 16.5. The number of alkyl halides is 1. The molecule has 0 fully saturated rings. The first kappa shape index (κ1) is 17.5. The molecule has 0 radical (unpaired) electrons. The highest BCUT2D eigenvalue weighted by Gasteiger charge is 2.22. The molecule has 0 aromatic carbocycles. The average Bonchev–Trinajstić information content (AvgIpc) is 2.43. The van der Waals surface area contributed by atoms with Crippen LogP contribution in [-0.2, 0) is 6.54 Å². The molecule has 0 saturated heterocycles. The van der Waals surface area contributed by atoms with Crippen LogP contribution in [-0.4, -0.2) is 26.7 Å². The summed E-state index contributed by atoms with van der Waals surface area (Å²) >= 11 is 14.5. The van der Waals surface area contributed by atoms with Crippen molar-refractivity contribution >= 4 is 45.8 Å². The molecule has 8 heteroatoms. The Kier molecular flexibility index (Phi) is 5.34. The summed E-state index contributed by atoms with van der Waals surface area (Å²) in [4.78, 5) is 16.0. The number of halogens is 3. The molecule has 0 spiro atoms. The van der Waals surface area contributed by atoms with Crippen molar-refractivity contribution in [3.63, 3.8) is 0 Å². The Morgan fingerprint density at radius 3 is 2.59 bits per heavy atom. The predicted octanol–water partition coefficient (Wildman–Crippen LogP) is 3.59. The molecule has 2 heterocycles. The Labute approximate surface area is 151 Å². The van der Waals surface area contributed by atoms with Gasteiger partial charge in [0.25, 0.3) is 5.56 Å². The van der Waals surface area contributed by atoms with Crippen LogP contribution in [0.3, 0.4) is 0 Å². The minimum absolute atomic E-state index is 0.0378. The molecule has 22 heavy (non-hydrogen) atoms. The molecule has 5 nitrogen and oxygen atoms in total. The second-order valence-electron chi connectivity index (χ2n) is 5.25. The van der Waals surface area contributed by atoms with E-state index in [1.54, 1.807) is 20.0 Å². The number of hydrogen-bond acceptors (Lipinski definition) is 4. The summed E-state index contributed by atoms with van der Waals surface area (Å²) in [6.45, 7) is 3.80. The topological polar surface area (TPSA) is 57.0 Å². The molecule has 0 aliphatic carbocycles. The number of rotatable bonds is 4. The van der Waals surface area contributed by atoms with Crippen LogP contribution in [0, 0.1) is 3.70 Å². The number of aromatic nitrogens is 3. The molecule has 0 bridgehead atoms. The smallest absolute Gasteiger partial charge is 0.286 e. The Bertz CT molecular complexity index is 739. The predicted molar refractivity (Wildman–Crippen MR) is 95.9 cm³/mol. The van der Waals surface area contributed by atoms with E-state index in [1.807, 2.05) is 12.1 Å². The van der Waals surface area contributed by atoms with Crippen molar-refractivity contribution in [3.05, 3.63) is 37.4 Å².